The third kappa shape index (κ3) is 5.07. The fraction of sp³-hybridized carbons (Fsp3) is 0.579. The Hall–Kier alpha value is -1.93. The Morgan fingerprint density at radius 2 is 1.63 bits per heavy atom. The van der Waals surface area contributed by atoms with E-state index < -0.39 is 16.0 Å². The molecule has 1 aliphatic heterocycles. The lowest BCUT2D eigenvalue weighted by atomic mass is 9.89. The molecule has 8 heteroatoms. The molecule has 1 aromatic rings. The van der Waals surface area contributed by atoms with E-state index in [1.165, 1.54) is 28.6 Å². The topological polar surface area (TPSA) is 95.0 Å². The molecule has 150 valence electrons. The van der Waals surface area contributed by atoms with E-state index in [4.69, 9.17) is 5.11 Å². The highest BCUT2D eigenvalue weighted by Crippen LogP contribution is 2.22. The first-order chi connectivity index (χ1) is 12.7. The molecule has 1 unspecified atom stereocenters. The lowest BCUT2D eigenvalue weighted by molar-refractivity contribution is -0.133. The fourth-order valence-electron chi connectivity index (χ4n) is 3.30. The summed E-state index contributed by atoms with van der Waals surface area (Å²) in [6.07, 6.45) is 1.45. The minimum Gasteiger partial charge on any atom is -0.478 e. The molecule has 0 saturated carbocycles. The first kappa shape index (κ1) is 21.4. The highest BCUT2D eigenvalue weighted by molar-refractivity contribution is 7.89. The number of rotatable bonds is 7. The smallest absolute Gasteiger partial charge is 0.335 e. The minimum atomic E-state index is -3.69. The highest BCUT2D eigenvalue weighted by atomic mass is 32.2. The third-order valence-electron chi connectivity index (χ3n) is 5.23. The molecule has 1 amide bonds. The van der Waals surface area contributed by atoms with Crippen LogP contribution in [0, 0.1) is 11.8 Å². The second-order valence-corrected chi connectivity index (χ2v) is 9.17. The molecule has 0 bridgehead atoms. The van der Waals surface area contributed by atoms with Crippen molar-refractivity contribution in [1.29, 1.82) is 0 Å². The van der Waals surface area contributed by atoms with Gasteiger partial charge in [-0.2, -0.15) is 4.31 Å². The van der Waals surface area contributed by atoms with Crippen molar-refractivity contribution < 1.29 is 23.1 Å². The molecule has 1 aliphatic rings. The van der Waals surface area contributed by atoms with Crippen molar-refractivity contribution in [2.75, 3.05) is 26.2 Å². The number of carbonyl (C=O) groups excluding carboxylic acids is 1. The molecular formula is C19H28N2O5S. The van der Waals surface area contributed by atoms with E-state index in [0.29, 0.717) is 31.3 Å². The summed E-state index contributed by atoms with van der Waals surface area (Å²) in [7, 11) is -3.69. The first-order valence-electron chi connectivity index (χ1n) is 9.28. The number of piperazine rings is 1. The molecule has 1 heterocycles. The largest absolute Gasteiger partial charge is 0.478 e. The molecule has 1 atom stereocenters. The average molecular weight is 397 g/mol. The van der Waals surface area contributed by atoms with Crippen molar-refractivity contribution in [3.63, 3.8) is 0 Å². The molecule has 2 rings (SSSR count). The first-order valence-corrected chi connectivity index (χ1v) is 10.7. The van der Waals surface area contributed by atoms with E-state index >= 15 is 0 Å². The van der Waals surface area contributed by atoms with Gasteiger partial charge in [0.2, 0.25) is 15.9 Å². The Morgan fingerprint density at radius 3 is 2.07 bits per heavy atom. The van der Waals surface area contributed by atoms with Gasteiger partial charge < -0.3 is 10.0 Å². The van der Waals surface area contributed by atoms with Crippen molar-refractivity contribution in [2.24, 2.45) is 11.8 Å². The van der Waals surface area contributed by atoms with Crippen LogP contribution in [-0.2, 0) is 14.8 Å². The van der Waals surface area contributed by atoms with E-state index in [1.807, 2.05) is 0 Å². The fourth-order valence-corrected chi connectivity index (χ4v) is 4.72. The van der Waals surface area contributed by atoms with E-state index in [0.717, 1.165) is 6.42 Å². The van der Waals surface area contributed by atoms with E-state index in [1.54, 1.807) is 4.90 Å². The second kappa shape index (κ2) is 8.84. The van der Waals surface area contributed by atoms with Crippen LogP contribution in [0.4, 0.5) is 0 Å². The van der Waals surface area contributed by atoms with Gasteiger partial charge in [-0.15, -0.1) is 0 Å². The summed E-state index contributed by atoms with van der Waals surface area (Å²) in [5.41, 5.74) is 0.0417. The van der Waals surface area contributed by atoms with Crippen LogP contribution in [0.15, 0.2) is 29.2 Å². The maximum absolute atomic E-state index is 12.7. The van der Waals surface area contributed by atoms with Gasteiger partial charge in [0, 0.05) is 32.6 Å². The van der Waals surface area contributed by atoms with Crippen LogP contribution in [-0.4, -0.2) is 60.8 Å². The maximum atomic E-state index is 12.7. The number of aromatic carboxylic acids is 1. The molecule has 0 spiro atoms. The summed E-state index contributed by atoms with van der Waals surface area (Å²) in [4.78, 5) is 25.2. The number of nitrogens with zero attached hydrogens (tertiary/aromatic N) is 2. The zero-order valence-electron chi connectivity index (χ0n) is 16.1. The molecule has 7 nitrogen and oxygen atoms in total. The molecule has 1 N–H and O–H groups in total. The van der Waals surface area contributed by atoms with Crippen molar-refractivity contribution in [1.82, 2.24) is 9.21 Å². The normalized spacial score (nSPS) is 17.1. The molecule has 1 fully saturated rings. The van der Waals surface area contributed by atoms with E-state index in [9.17, 15) is 18.0 Å². The number of amides is 1. The predicted octanol–water partition coefficient (Wildman–Crippen LogP) is 2.29. The number of sulfonamides is 1. The van der Waals surface area contributed by atoms with Gasteiger partial charge >= 0.3 is 5.97 Å². The number of carboxylic acid groups (broad SMARTS) is 1. The van der Waals surface area contributed by atoms with Gasteiger partial charge in [0.1, 0.15) is 0 Å². The Morgan fingerprint density at radius 1 is 1.07 bits per heavy atom. The summed E-state index contributed by atoms with van der Waals surface area (Å²) in [5, 5.41) is 8.93. The van der Waals surface area contributed by atoms with Gasteiger partial charge in [0.25, 0.3) is 0 Å². The zero-order valence-corrected chi connectivity index (χ0v) is 16.9. The average Bonchev–Trinajstić information content (AvgIpc) is 2.65. The van der Waals surface area contributed by atoms with Crippen LogP contribution < -0.4 is 0 Å². The van der Waals surface area contributed by atoms with Crippen molar-refractivity contribution >= 4 is 21.9 Å². The molecular weight excluding hydrogens is 368 g/mol. The molecule has 1 saturated heterocycles. The van der Waals surface area contributed by atoms with Crippen molar-refractivity contribution in [3.8, 4) is 0 Å². The summed E-state index contributed by atoms with van der Waals surface area (Å²) in [6.45, 7) is 7.54. The summed E-state index contributed by atoms with van der Waals surface area (Å²) >= 11 is 0. The SMILES string of the molecule is CCC(CC(=O)N1CCN(S(=O)(=O)c2ccc(C(=O)O)cc2)CC1)C(C)C. The molecule has 1 aromatic carbocycles. The minimum absolute atomic E-state index is 0.0417. The number of carbonyl (C=O) groups is 2. The van der Waals surface area contributed by atoms with E-state index in [-0.39, 0.29) is 29.5 Å². The molecule has 27 heavy (non-hydrogen) atoms. The standard InChI is InChI=1S/C19H28N2O5S/c1-4-15(14(2)3)13-18(22)20-9-11-21(12-10-20)27(25,26)17-7-5-16(6-8-17)19(23)24/h5-8,14-15H,4,9-13H2,1-3H3,(H,23,24). The lowest BCUT2D eigenvalue weighted by Crippen LogP contribution is -2.50. The van der Waals surface area contributed by atoms with E-state index in [2.05, 4.69) is 20.8 Å². The lowest BCUT2D eigenvalue weighted by Gasteiger charge is -2.35. The van der Waals surface area contributed by atoms with Gasteiger partial charge in [-0.1, -0.05) is 27.2 Å². The molecule has 0 aromatic heterocycles. The third-order valence-corrected chi connectivity index (χ3v) is 7.15. The number of hydrogen-bond acceptors (Lipinski definition) is 4. The predicted molar refractivity (Wildman–Crippen MR) is 102 cm³/mol. The van der Waals surface area contributed by atoms with Crippen LogP contribution in [0.25, 0.3) is 0 Å². The van der Waals surface area contributed by atoms with Crippen LogP contribution in [0.5, 0.6) is 0 Å². The Balaban J connectivity index is 1.99. The van der Waals surface area contributed by atoms with Gasteiger partial charge in [-0.05, 0) is 36.1 Å². The van der Waals surface area contributed by atoms with Gasteiger partial charge in [0.05, 0.1) is 10.5 Å². The quantitative estimate of drug-likeness (QED) is 0.763. The van der Waals surface area contributed by atoms with Crippen LogP contribution in [0.1, 0.15) is 44.0 Å². The Labute approximate surface area is 161 Å². The van der Waals surface area contributed by atoms with Gasteiger partial charge in [-0.25, -0.2) is 13.2 Å². The number of carboxylic acids is 1. The highest BCUT2D eigenvalue weighted by Gasteiger charge is 2.31. The number of benzene rings is 1. The van der Waals surface area contributed by atoms with Crippen LogP contribution >= 0.6 is 0 Å². The van der Waals surface area contributed by atoms with Crippen LogP contribution in [0.3, 0.4) is 0 Å². The Kier molecular flexibility index (Phi) is 7.00. The van der Waals surface area contributed by atoms with Gasteiger partial charge in [-0.3, -0.25) is 4.79 Å². The molecule has 0 radical (unpaired) electrons. The van der Waals surface area contributed by atoms with Crippen LogP contribution in [0.2, 0.25) is 0 Å². The Bertz CT molecular complexity index is 766. The summed E-state index contributed by atoms with van der Waals surface area (Å²) in [5.74, 6) is -0.238. The second-order valence-electron chi connectivity index (χ2n) is 7.23. The zero-order chi connectivity index (χ0) is 20.2. The number of hydrogen-bond donors (Lipinski definition) is 1. The summed E-state index contributed by atoms with van der Waals surface area (Å²) < 4.78 is 26.8. The van der Waals surface area contributed by atoms with Gasteiger partial charge in [0.15, 0.2) is 0 Å². The molecule has 0 aliphatic carbocycles. The maximum Gasteiger partial charge on any atom is 0.335 e. The van der Waals surface area contributed by atoms with Crippen molar-refractivity contribution in [2.45, 2.75) is 38.5 Å². The summed E-state index contributed by atoms with van der Waals surface area (Å²) in [6, 6.07) is 5.19. The van der Waals surface area contributed by atoms with Crippen molar-refractivity contribution in [3.05, 3.63) is 29.8 Å². The monoisotopic (exact) mass is 396 g/mol.